The van der Waals surface area contributed by atoms with Gasteiger partial charge in [-0.1, -0.05) is 36.4 Å². The summed E-state index contributed by atoms with van der Waals surface area (Å²) in [6, 6.07) is 20.4. The summed E-state index contributed by atoms with van der Waals surface area (Å²) >= 11 is 4.39. The SMILES string of the molecule is O=C1S/C(=C\c2ccc(OCc3ccc(F)cc3)c(Br)c2)C(=O)N1c1ccccc1. The second kappa shape index (κ2) is 8.85. The Kier molecular flexibility index (Phi) is 6.01. The van der Waals surface area contributed by atoms with Crippen LogP contribution in [-0.4, -0.2) is 11.1 Å². The molecule has 4 nitrogen and oxygen atoms in total. The quantitative estimate of drug-likeness (QED) is 0.393. The molecule has 1 fully saturated rings. The van der Waals surface area contributed by atoms with Crippen molar-refractivity contribution in [1.82, 2.24) is 0 Å². The monoisotopic (exact) mass is 483 g/mol. The van der Waals surface area contributed by atoms with Crippen LogP contribution in [0, 0.1) is 5.82 Å². The lowest BCUT2D eigenvalue weighted by Gasteiger charge is -2.11. The van der Waals surface area contributed by atoms with Crippen LogP contribution in [0.25, 0.3) is 6.08 Å². The van der Waals surface area contributed by atoms with E-state index in [-0.39, 0.29) is 17.0 Å². The zero-order chi connectivity index (χ0) is 21.1. The maximum absolute atomic E-state index is 13.0. The standard InChI is InChI=1S/C23H15BrFNO3S/c24-19-12-16(8-11-20(19)29-14-15-6-9-17(25)10-7-15)13-21-22(27)26(23(28)30-21)18-4-2-1-3-5-18/h1-13H,14H2/b21-13-. The lowest BCUT2D eigenvalue weighted by Crippen LogP contribution is -2.27. The van der Waals surface area contributed by atoms with Crippen molar-refractivity contribution in [2.24, 2.45) is 0 Å². The van der Waals surface area contributed by atoms with Crippen LogP contribution in [0.15, 0.2) is 82.2 Å². The fraction of sp³-hybridized carbons (Fsp3) is 0.0435. The van der Waals surface area contributed by atoms with E-state index in [1.807, 2.05) is 12.1 Å². The summed E-state index contributed by atoms with van der Waals surface area (Å²) in [4.78, 5) is 26.6. The second-order valence-corrected chi connectivity index (χ2v) is 8.31. The molecule has 150 valence electrons. The number of carbonyl (C=O) groups excluding carboxylic acids is 2. The molecule has 0 spiro atoms. The third-order valence-electron chi connectivity index (χ3n) is 4.37. The molecular formula is C23H15BrFNO3S. The summed E-state index contributed by atoms with van der Waals surface area (Å²) < 4.78 is 19.5. The van der Waals surface area contributed by atoms with E-state index in [1.165, 1.54) is 17.0 Å². The molecular weight excluding hydrogens is 469 g/mol. The van der Waals surface area contributed by atoms with Crippen molar-refractivity contribution in [1.29, 1.82) is 0 Å². The number of hydrogen-bond donors (Lipinski definition) is 0. The van der Waals surface area contributed by atoms with E-state index >= 15 is 0 Å². The van der Waals surface area contributed by atoms with Crippen LogP contribution >= 0.6 is 27.7 Å². The lowest BCUT2D eigenvalue weighted by molar-refractivity contribution is -0.113. The van der Waals surface area contributed by atoms with Gasteiger partial charge in [-0.2, -0.15) is 0 Å². The molecule has 0 bridgehead atoms. The van der Waals surface area contributed by atoms with Crippen molar-refractivity contribution in [3.8, 4) is 5.75 Å². The zero-order valence-electron chi connectivity index (χ0n) is 15.5. The van der Waals surface area contributed by atoms with Gasteiger partial charge in [0.2, 0.25) is 0 Å². The summed E-state index contributed by atoms with van der Waals surface area (Å²) in [6.45, 7) is 0.300. The summed E-state index contributed by atoms with van der Waals surface area (Å²) in [6.07, 6.45) is 1.68. The van der Waals surface area contributed by atoms with Crippen LogP contribution in [0.1, 0.15) is 11.1 Å². The Morgan fingerprint density at radius 1 is 1.00 bits per heavy atom. The minimum atomic E-state index is -0.344. The van der Waals surface area contributed by atoms with Crippen molar-refractivity contribution in [3.05, 3.63) is 99.1 Å². The molecule has 0 radical (unpaired) electrons. The third kappa shape index (κ3) is 4.47. The van der Waals surface area contributed by atoms with Gasteiger partial charge >= 0.3 is 0 Å². The number of amides is 2. The first-order chi connectivity index (χ1) is 14.5. The van der Waals surface area contributed by atoms with Crippen LogP contribution in [-0.2, 0) is 11.4 Å². The number of benzene rings is 3. The number of anilines is 1. The highest BCUT2D eigenvalue weighted by Crippen LogP contribution is 2.36. The molecule has 2 amide bonds. The average molecular weight is 484 g/mol. The van der Waals surface area contributed by atoms with E-state index in [2.05, 4.69) is 15.9 Å². The molecule has 1 heterocycles. The molecule has 3 aromatic rings. The molecule has 1 aliphatic rings. The predicted octanol–water partition coefficient (Wildman–Crippen LogP) is 6.41. The smallest absolute Gasteiger partial charge is 0.298 e. The summed E-state index contributed by atoms with van der Waals surface area (Å²) in [7, 11) is 0. The molecule has 3 aromatic carbocycles. The maximum Gasteiger partial charge on any atom is 0.298 e. The van der Waals surface area contributed by atoms with E-state index in [0.717, 1.165) is 22.9 Å². The summed E-state index contributed by atoms with van der Waals surface area (Å²) in [5.74, 6) is -0.0150. The minimum Gasteiger partial charge on any atom is -0.488 e. The molecule has 7 heteroatoms. The Bertz CT molecular complexity index is 1130. The first-order valence-electron chi connectivity index (χ1n) is 9.01. The first kappa shape index (κ1) is 20.4. The Morgan fingerprint density at radius 2 is 1.73 bits per heavy atom. The minimum absolute atomic E-state index is 0.291. The van der Waals surface area contributed by atoms with Crippen molar-refractivity contribution in [3.63, 3.8) is 0 Å². The molecule has 0 unspecified atom stereocenters. The number of nitrogens with zero attached hydrogens (tertiary/aromatic N) is 1. The highest BCUT2D eigenvalue weighted by molar-refractivity contribution is 9.10. The Balaban J connectivity index is 1.49. The number of para-hydroxylation sites is 1. The number of rotatable bonds is 5. The number of halogens is 2. The normalized spacial score (nSPS) is 15.1. The van der Waals surface area contributed by atoms with E-state index in [0.29, 0.717) is 27.4 Å². The highest BCUT2D eigenvalue weighted by atomic mass is 79.9. The molecule has 0 saturated carbocycles. The fourth-order valence-corrected chi connectivity index (χ4v) is 4.24. The van der Waals surface area contributed by atoms with Crippen molar-refractivity contribution < 1.29 is 18.7 Å². The molecule has 1 saturated heterocycles. The average Bonchev–Trinajstić information content (AvgIpc) is 3.02. The fourth-order valence-electron chi connectivity index (χ4n) is 2.88. The summed E-state index contributed by atoms with van der Waals surface area (Å²) in [5.41, 5.74) is 2.16. The Hall–Kier alpha value is -2.90. The van der Waals surface area contributed by atoms with E-state index in [1.54, 1.807) is 54.6 Å². The topological polar surface area (TPSA) is 46.6 Å². The van der Waals surface area contributed by atoms with Gasteiger partial charge in [-0.05, 0) is 81.3 Å². The zero-order valence-corrected chi connectivity index (χ0v) is 18.0. The number of hydrogen-bond acceptors (Lipinski definition) is 4. The highest BCUT2D eigenvalue weighted by Gasteiger charge is 2.36. The van der Waals surface area contributed by atoms with Crippen LogP contribution < -0.4 is 9.64 Å². The van der Waals surface area contributed by atoms with Gasteiger partial charge in [-0.25, -0.2) is 9.29 Å². The number of ether oxygens (including phenoxy) is 1. The molecule has 0 aromatic heterocycles. The van der Waals surface area contributed by atoms with Gasteiger partial charge in [-0.15, -0.1) is 0 Å². The van der Waals surface area contributed by atoms with Gasteiger partial charge in [0, 0.05) is 0 Å². The summed E-state index contributed by atoms with van der Waals surface area (Å²) in [5, 5.41) is -0.323. The van der Waals surface area contributed by atoms with Gasteiger partial charge in [0.05, 0.1) is 15.1 Å². The number of imide groups is 1. The van der Waals surface area contributed by atoms with Gasteiger partial charge in [0.15, 0.2) is 0 Å². The van der Waals surface area contributed by atoms with Gasteiger partial charge < -0.3 is 4.74 Å². The molecule has 0 aliphatic carbocycles. The predicted molar refractivity (Wildman–Crippen MR) is 120 cm³/mol. The van der Waals surface area contributed by atoms with Crippen LogP contribution in [0.4, 0.5) is 14.9 Å². The second-order valence-electron chi connectivity index (χ2n) is 6.46. The Labute approximate surface area is 185 Å². The van der Waals surface area contributed by atoms with E-state index in [9.17, 15) is 14.0 Å². The number of carbonyl (C=O) groups is 2. The van der Waals surface area contributed by atoms with E-state index < -0.39 is 0 Å². The van der Waals surface area contributed by atoms with E-state index in [4.69, 9.17) is 4.74 Å². The van der Waals surface area contributed by atoms with Gasteiger partial charge in [0.1, 0.15) is 18.2 Å². The lowest BCUT2D eigenvalue weighted by atomic mass is 10.2. The maximum atomic E-state index is 13.0. The largest absolute Gasteiger partial charge is 0.488 e. The van der Waals surface area contributed by atoms with Crippen molar-refractivity contribution in [2.45, 2.75) is 6.61 Å². The molecule has 0 N–H and O–H groups in total. The third-order valence-corrected chi connectivity index (χ3v) is 5.86. The first-order valence-corrected chi connectivity index (χ1v) is 10.6. The van der Waals surface area contributed by atoms with Gasteiger partial charge in [-0.3, -0.25) is 9.59 Å². The number of thioether (sulfide) groups is 1. The van der Waals surface area contributed by atoms with Crippen LogP contribution in [0.5, 0.6) is 5.75 Å². The van der Waals surface area contributed by atoms with Gasteiger partial charge in [0.25, 0.3) is 11.1 Å². The van der Waals surface area contributed by atoms with Crippen molar-refractivity contribution >= 4 is 50.6 Å². The van der Waals surface area contributed by atoms with Crippen molar-refractivity contribution in [2.75, 3.05) is 4.90 Å². The molecule has 0 atom stereocenters. The van der Waals surface area contributed by atoms with Crippen LogP contribution in [0.2, 0.25) is 0 Å². The van der Waals surface area contributed by atoms with Crippen LogP contribution in [0.3, 0.4) is 0 Å². The molecule has 30 heavy (non-hydrogen) atoms. The molecule has 4 rings (SSSR count). The molecule has 1 aliphatic heterocycles. The Morgan fingerprint density at radius 3 is 2.43 bits per heavy atom.